The second-order valence-corrected chi connectivity index (χ2v) is 7.44. The number of hydrogen-bond acceptors (Lipinski definition) is 9. The Balaban J connectivity index is 1.59. The first-order valence-corrected chi connectivity index (χ1v) is 10.6. The van der Waals surface area contributed by atoms with E-state index < -0.39 is 0 Å². The molecule has 3 aromatic heterocycles. The van der Waals surface area contributed by atoms with Gasteiger partial charge in [-0.15, -0.1) is 5.10 Å². The van der Waals surface area contributed by atoms with Crippen molar-refractivity contribution in [2.75, 3.05) is 21.3 Å². The molecule has 0 saturated carbocycles. The highest BCUT2D eigenvalue weighted by molar-refractivity contribution is 5.44. The molecule has 0 unspecified atom stereocenters. The molecule has 10 heteroatoms. The van der Waals surface area contributed by atoms with Gasteiger partial charge in [-0.05, 0) is 37.6 Å². The molecule has 176 valence electrons. The standard InChI is InChI=1S/C24H26N6O4/c1-15-26-23(13-24(28-15)34-14-18-12-19(31-3)8-9-25-18)30-22(27-16(2)29-30)11-17-6-7-20(32-4)21(10-17)33-5/h6-10,12-13H,11,14H2,1-5H3. The van der Waals surface area contributed by atoms with Crippen LogP contribution < -0.4 is 18.9 Å². The van der Waals surface area contributed by atoms with Crippen molar-refractivity contribution < 1.29 is 18.9 Å². The van der Waals surface area contributed by atoms with E-state index in [4.69, 9.17) is 18.9 Å². The zero-order chi connectivity index (χ0) is 24.1. The summed E-state index contributed by atoms with van der Waals surface area (Å²) in [5.41, 5.74) is 1.72. The smallest absolute Gasteiger partial charge is 0.219 e. The Morgan fingerprint density at radius 1 is 0.824 bits per heavy atom. The number of pyridine rings is 1. The summed E-state index contributed by atoms with van der Waals surface area (Å²) in [4.78, 5) is 17.9. The van der Waals surface area contributed by atoms with Gasteiger partial charge in [0.05, 0.1) is 27.0 Å². The number of aromatic nitrogens is 6. The van der Waals surface area contributed by atoms with Crippen LogP contribution in [0.2, 0.25) is 0 Å². The summed E-state index contributed by atoms with van der Waals surface area (Å²) < 4.78 is 23.6. The van der Waals surface area contributed by atoms with E-state index >= 15 is 0 Å². The molecule has 0 radical (unpaired) electrons. The summed E-state index contributed by atoms with van der Waals surface area (Å²) in [6.07, 6.45) is 2.20. The molecule has 0 fully saturated rings. The van der Waals surface area contributed by atoms with Gasteiger partial charge in [0.2, 0.25) is 5.88 Å². The Morgan fingerprint density at radius 2 is 1.65 bits per heavy atom. The molecule has 0 aliphatic heterocycles. The minimum Gasteiger partial charge on any atom is -0.497 e. The van der Waals surface area contributed by atoms with E-state index in [0.29, 0.717) is 47.0 Å². The lowest BCUT2D eigenvalue weighted by Gasteiger charge is -2.11. The SMILES string of the molecule is COc1ccnc(COc2cc(-n3nc(C)nc3Cc3ccc(OC)c(OC)c3)nc(C)n2)c1. The van der Waals surface area contributed by atoms with Crippen molar-refractivity contribution in [2.45, 2.75) is 26.9 Å². The van der Waals surface area contributed by atoms with E-state index in [9.17, 15) is 0 Å². The monoisotopic (exact) mass is 462 g/mol. The third kappa shape index (κ3) is 5.22. The van der Waals surface area contributed by atoms with Gasteiger partial charge in [0, 0.05) is 24.8 Å². The zero-order valence-electron chi connectivity index (χ0n) is 19.8. The predicted molar refractivity (Wildman–Crippen MR) is 124 cm³/mol. The van der Waals surface area contributed by atoms with Crippen LogP contribution in [-0.4, -0.2) is 51.0 Å². The molecule has 4 rings (SSSR count). The molecule has 10 nitrogen and oxygen atoms in total. The molecule has 3 heterocycles. The van der Waals surface area contributed by atoms with E-state index in [2.05, 4.69) is 25.0 Å². The molecule has 0 aliphatic rings. The molecular weight excluding hydrogens is 436 g/mol. The molecule has 0 N–H and O–H groups in total. The van der Waals surface area contributed by atoms with Gasteiger partial charge in [-0.25, -0.2) is 9.97 Å². The summed E-state index contributed by atoms with van der Waals surface area (Å²) >= 11 is 0. The minimum atomic E-state index is 0.238. The fourth-order valence-corrected chi connectivity index (χ4v) is 3.45. The van der Waals surface area contributed by atoms with Crippen LogP contribution in [-0.2, 0) is 13.0 Å². The first kappa shape index (κ1) is 23.0. The molecular formula is C24H26N6O4. The lowest BCUT2D eigenvalue weighted by atomic mass is 10.1. The predicted octanol–water partition coefficient (Wildman–Crippen LogP) is 3.26. The van der Waals surface area contributed by atoms with Gasteiger partial charge in [0.1, 0.15) is 29.8 Å². The van der Waals surface area contributed by atoms with Gasteiger partial charge in [0.25, 0.3) is 0 Å². The third-order valence-corrected chi connectivity index (χ3v) is 5.00. The average molecular weight is 463 g/mol. The molecule has 0 bridgehead atoms. The normalized spacial score (nSPS) is 10.7. The molecule has 0 amide bonds. The molecule has 0 spiro atoms. The van der Waals surface area contributed by atoms with Crippen LogP contribution in [0, 0.1) is 13.8 Å². The summed E-state index contributed by atoms with van der Waals surface area (Å²) in [5.74, 6) is 4.93. The molecule has 0 atom stereocenters. The third-order valence-electron chi connectivity index (χ3n) is 5.00. The molecule has 0 aliphatic carbocycles. The second-order valence-electron chi connectivity index (χ2n) is 7.44. The maximum atomic E-state index is 5.89. The first-order valence-electron chi connectivity index (χ1n) is 10.6. The maximum Gasteiger partial charge on any atom is 0.219 e. The topological polar surface area (TPSA) is 106 Å². The Hall–Kier alpha value is -4.21. The van der Waals surface area contributed by atoms with Crippen molar-refractivity contribution >= 4 is 0 Å². The Morgan fingerprint density at radius 3 is 2.41 bits per heavy atom. The van der Waals surface area contributed by atoms with Gasteiger partial charge < -0.3 is 18.9 Å². The van der Waals surface area contributed by atoms with Crippen molar-refractivity contribution in [3.63, 3.8) is 0 Å². The fraction of sp³-hybridized carbons (Fsp3) is 0.292. The van der Waals surface area contributed by atoms with E-state index in [1.54, 1.807) is 51.3 Å². The number of rotatable bonds is 9. The number of benzene rings is 1. The number of nitrogens with zero attached hydrogens (tertiary/aromatic N) is 6. The van der Waals surface area contributed by atoms with Crippen molar-refractivity contribution in [1.82, 2.24) is 29.7 Å². The van der Waals surface area contributed by atoms with Crippen LogP contribution in [0.25, 0.3) is 5.82 Å². The quantitative estimate of drug-likeness (QED) is 0.370. The first-order chi connectivity index (χ1) is 16.5. The average Bonchev–Trinajstić information content (AvgIpc) is 3.22. The minimum absolute atomic E-state index is 0.238. The van der Waals surface area contributed by atoms with Gasteiger partial charge in [-0.1, -0.05) is 6.07 Å². The number of ether oxygens (including phenoxy) is 4. The summed E-state index contributed by atoms with van der Waals surface area (Å²) in [7, 11) is 4.83. The zero-order valence-corrected chi connectivity index (χ0v) is 19.8. The highest BCUT2D eigenvalue weighted by Gasteiger charge is 2.15. The highest BCUT2D eigenvalue weighted by Crippen LogP contribution is 2.28. The van der Waals surface area contributed by atoms with Crippen LogP contribution >= 0.6 is 0 Å². The van der Waals surface area contributed by atoms with Crippen LogP contribution in [0.5, 0.6) is 23.1 Å². The van der Waals surface area contributed by atoms with E-state index in [1.165, 1.54) is 0 Å². The Labute approximate surface area is 197 Å². The largest absolute Gasteiger partial charge is 0.497 e. The summed E-state index contributed by atoms with van der Waals surface area (Å²) in [6.45, 7) is 3.88. The lowest BCUT2D eigenvalue weighted by Crippen LogP contribution is -2.09. The van der Waals surface area contributed by atoms with Crippen molar-refractivity contribution in [3.8, 4) is 28.9 Å². The van der Waals surface area contributed by atoms with Crippen molar-refractivity contribution in [3.05, 3.63) is 71.3 Å². The Kier molecular flexibility index (Phi) is 6.86. The van der Waals surface area contributed by atoms with E-state index in [-0.39, 0.29) is 6.61 Å². The van der Waals surface area contributed by atoms with E-state index in [0.717, 1.165) is 17.1 Å². The summed E-state index contributed by atoms with van der Waals surface area (Å²) in [5, 5.41) is 4.55. The van der Waals surface area contributed by atoms with Gasteiger partial charge in [-0.2, -0.15) is 9.67 Å². The van der Waals surface area contributed by atoms with Gasteiger partial charge in [-0.3, -0.25) is 4.98 Å². The fourth-order valence-electron chi connectivity index (χ4n) is 3.45. The second kappa shape index (κ2) is 10.2. The Bertz CT molecular complexity index is 1290. The van der Waals surface area contributed by atoms with Crippen LogP contribution in [0.3, 0.4) is 0 Å². The molecule has 0 saturated heterocycles. The van der Waals surface area contributed by atoms with Crippen LogP contribution in [0.1, 0.15) is 28.7 Å². The number of methoxy groups -OCH3 is 3. The molecule has 1 aromatic carbocycles. The number of hydrogen-bond donors (Lipinski definition) is 0. The van der Waals surface area contributed by atoms with Gasteiger partial charge >= 0.3 is 0 Å². The van der Waals surface area contributed by atoms with Crippen LogP contribution in [0.4, 0.5) is 0 Å². The molecule has 4 aromatic rings. The van der Waals surface area contributed by atoms with Crippen LogP contribution in [0.15, 0.2) is 42.6 Å². The van der Waals surface area contributed by atoms with E-state index in [1.807, 2.05) is 31.2 Å². The van der Waals surface area contributed by atoms with Crippen molar-refractivity contribution in [2.24, 2.45) is 0 Å². The highest BCUT2D eigenvalue weighted by atomic mass is 16.5. The maximum absolute atomic E-state index is 5.89. The summed E-state index contributed by atoms with van der Waals surface area (Å²) in [6, 6.07) is 11.1. The lowest BCUT2D eigenvalue weighted by molar-refractivity contribution is 0.286. The van der Waals surface area contributed by atoms with Gasteiger partial charge in [0.15, 0.2) is 17.3 Å². The number of aryl methyl sites for hydroxylation is 2. The van der Waals surface area contributed by atoms with Crippen molar-refractivity contribution in [1.29, 1.82) is 0 Å². The molecule has 34 heavy (non-hydrogen) atoms.